The van der Waals surface area contributed by atoms with E-state index in [0.717, 1.165) is 87.7 Å². The van der Waals surface area contributed by atoms with E-state index in [4.69, 9.17) is 9.40 Å². The van der Waals surface area contributed by atoms with Crippen molar-refractivity contribution in [2.24, 2.45) is 0 Å². The number of nitrogens with zero attached hydrogens (tertiary/aromatic N) is 2. The Balaban J connectivity index is 1.45. The van der Waals surface area contributed by atoms with Crippen molar-refractivity contribution in [2.75, 3.05) is 0 Å². The van der Waals surface area contributed by atoms with Gasteiger partial charge in [-0.25, -0.2) is 4.98 Å². The fraction of sp³-hybridized carbons (Fsp3) is 0.0784. The number of pyridine rings is 1. The molecule has 10 rings (SSSR count). The Morgan fingerprint density at radius 3 is 1.93 bits per heavy atom. The monoisotopic (exact) mass is 724 g/mol. The predicted octanol–water partition coefficient (Wildman–Crippen LogP) is 14.0. The van der Waals surface area contributed by atoms with Gasteiger partial charge in [-0.1, -0.05) is 112 Å². The Morgan fingerprint density at radius 2 is 1.11 bits per heavy atom. The second kappa shape index (κ2) is 13.3. The molecule has 0 amide bonds. The summed E-state index contributed by atoms with van der Waals surface area (Å²) < 4.78 is 8.86. The third kappa shape index (κ3) is 6.04. The minimum absolute atomic E-state index is 0.0972. The van der Waals surface area contributed by atoms with Crippen LogP contribution in [0.1, 0.15) is 26.3 Å². The van der Waals surface area contributed by atoms with Crippen LogP contribution in [0, 0.1) is 0 Å². The first-order valence-electron chi connectivity index (χ1n) is 19.1. The summed E-state index contributed by atoms with van der Waals surface area (Å²) in [4.78, 5) is 12.9. The molecular formula is C51H40N4O. The molecule has 0 unspecified atom stereocenters. The highest BCUT2D eigenvalue weighted by molar-refractivity contribution is 6.12. The van der Waals surface area contributed by atoms with Crippen LogP contribution >= 0.6 is 0 Å². The van der Waals surface area contributed by atoms with Gasteiger partial charge < -0.3 is 14.4 Å². The average Bonchev–Trinajstić information content (AvgIpc) is 3.55. The quantitative estimate of drug-likeness (QED) is 0.164. The summed E-state index contributed by atoms with van der Waals surface area (Å²) in [6.45, 7) is 6.83. The van der Waals surface area contributed by atoms with Crippen LogP contribution in [0.4, 0.5) is 0 Å². The van der Waals surface area contributed by atoms with Crippen LogP contribution in [0.3, 0.4) is 0 Å². The van der Waals surface area contributed by atoms with Crippen LogP contribution in [-0.4, -0.2) is 19.4 Å². The molecule has 5 heteroatoms. The van der Waals surface area contributed by atoms with Crippen molar-refractivity contribution < 1.29 is 4.42 Å². The number of H-pyrrole nitrogens is 2. The maximum atomic E-state index is 6.60. The van der Waals surface area contributed by atoms with Gasteiger partial charge in [0.1, 0.15) is 16.8 Å². The van der Waals surface area contributed by atoms with Crippen molar-refractivity contribution in [3.8, 4) is 0 Å². The molecule has 56 heavy (non-hydrogen) atoms. The number of nitrogens with one attached hydrogen (secondary N) is 2. The molecule has 0 saturated heterocycles. The van der Waals surface area contributed by atoms with Crippen LogP contribution in [0.15, 0.2) is 180 Å². The first-order chi connectivity index (χ1) is 27.4. The van der Waals surface area contributed by atoms with E-state index < -0.39 is 0 Å². The van der Waals surface area contributed by atoms with Crippen LogP contribution < -0.4 is 0 Å². The lowest BCUT2D eigenvalue weighted by atomic mass is 9.85. The predicted molar refractivity (Wildman–Crippen MR) is 237 cm³/mol. The second-order valence-corrected chi connectivity index (χ2v) is 15.5. The van der Waals surface area contributed by atoms with Gasteiger partial charge in [0.05, 0.1) is 27.6 Å². The molecule has 0 atom stereocenters. The summed E-state index contributed by atoms with van der Waals surface area (Å²) in [5.41, 5.74) is 10.4. The maximum absolute atomic E-state index is 6.60. The Hall–Kier alpha value is -7.11. The number of benzene rings is 7. The van der Waals surface area contributed by atoms with Gasteiger partial charge in [0.2, 0.25) is 0 Å². The van der Waals surface area contributed by atoms with Crippen molar-refractivity contribution in [3.05, 3.63) is 181 Å². The topological polar surface area (TPSA) is 62.0 Å². The molecule has 10 aromatic rings. The smallest absolute Gasteiger partial charge is 0.138 e. The summed E-state index contributed by atoms with van der Waals surface area (Å²) in [6, 6.07) is 61.9. The van der Waals surface area contributed by atoms with Crippen LogP contribution in [-0.2, 0) is 5.41 Å². The lowest BCUT2D eigenvalue weighted by Crippen LogP contribution is -2.10. The van der Waals surface area contributed by atoms with Gasteiger partial charge in [-0.05, 0) is 99.9 Å². The highest BCUT2D eigenvalue weighted by Gasteiger charge is 2.15. The van der Waals surface area contributed by atoms with Crippen LogP contribution in [0.25, 0.3) is 93.1 Å². The highest BCUT2D eigenvalue weighted by atomic mass is 16.3. The van der Waals surface area contributed by atoms with E-state index in [1.807, 2.05) is 18.2 Å². The van der Waals surface area contributed by atoms with E-state index in [1.54, 1.807) is 0 Å². The molecule has 0 aliphatic carbocycles. The summed E-state index contributed by atoms with van der Waals surface area (Å²) in [5.74, 6) is 0. The number of fused-ring (bicyclic) bond motifs is 17. The van der Waals surface area contributed by atoms with Crippen LogP contribution in [0.5, 0.6) is 0 Å². The molecule has 270 valence electrons. The Labute approximate surface area is 323 Å². The molecule has 0 saturated carbocycles. The Kier molecular flexibility index (Phi) is 7.96. The third-order valence-electron chi connectivity index (χ3n) is 10.7. The van der Waals surface area contributed by atoms with Crippen LogP contribution in [0.2, 0.25) is 0 Å². The SMILES string of the molecule is CC(C)(C)c1cc2cc(c1)c1ccccc1c1ccccc1[nH]c1ccccc1[nH]c1cccc(c1)oc1ccc3c4ccccc4n(c4cccc2n4)c3c1. The molecule has 3 aromatic heterocycles. The largest absolute Gasteiger partial charge is 0.457 e. The lowest BCUT2D eigenvalue weighted by molar-refractivity contribution is 0.591. The molecule has 8 bridgehead atoms. The van der Waals surface area contributed by atoms with Crippen molar-refractivity contribution in [3.63, 3.8) is 0 Å². The molecular weight excluding hydrogens is 685 g/mol. The Morgan fingerprint density at radius 1 is 0.464 bits per heavy atom. The standard InChI is InChI=1S/C51H40N4O/c1-51(2,3)35-29-33-28-34(30-35)44-23-13-25-50(54-44)55-48-24-11-7-19-42(48)43-27-26-38(32-49(43)55)56-37-15-12-14-36(31-37)52-46-21-9-10-22-47(46)53-45-20-8-6-18-41(45)40-17-5-4-16-39(33)40/h4-32,52-53H,1-3H3. The van der Waals surface area contributed by atoms with Gasteiger partial charge in [-0.2, -0.15) is 0 Å². The van der Waals surface area contributed by atoms with Crippen molar-refractivity contribution in [1.29, 1.82) is 0 Å². The van der Waals surface area contributed by atoms with Gasteiger partial charge in [-0.15, -0.1) is 0 Å². The second-order valence-electron chi connectivity index (χ2n) is 15.5. The molecule has 0 fully saturated rings. The first-order valence-corrected chi connectivity index (χ1v) is 19.1. The molecule has 0 radical (unpaired) electrons. The van der Waals surface area contributed by atoms with Gasteiger partial charge >= 0.3 is 0 Å². The first kappa shape index (κ1) is 33.5. The zero-order valence-electron chi connectivity index (χ0n) is 31.5. The van der Waals surface area contributed by atoms with E-state index in [2.05, 4.69) is 193 Å². The molecule has 0 aliphatic rings. The van der Waals surface area contributed by atoms with Gasteiger partial charge in [0.25, 0.3) is 0 Å². The van der Waals surface area contributed by atoms with Crippen molar-refractivity contribution in [2.45, 2.75) is 26.2 Å². The van der Waals surface area contributed by atoms with Crippen molar-refractivity contribution >= 4 is 93.1 Å². The molecule has 7 aromatic carbocycles. The zero-order valence-corrected chi connectivity index (χ0v) is 31.5. The molecule has 3 heterocycles. The molecule has 0 spiro atoms. The number of aromatic nitrogens is 4. The third-order valence-corrected chi connectivity index (χ3v) is 10.7. The maximum Gasteiger partial charge on any atom is 0.138 e. The number of para-hydroxylation sites is 4. The van der Waals surface area contributed by atoms with E-state index in [0.29, 0.717) is 0 Å². The van der Waals surface area contributed by atoms with E-state index in [-0.39, 0.29) is 5.41 Å². The van der Waals surface area contributed by atoms with Gasteiger partial charge in [0.15, 0.2) is 0 Å². The lowest BCUT2D eigenvalue weighted by Gasteiger charge is -2.20. The molecule has 2 N–H and O–H groups in total. The number of hydrogen-bond donors (Lipinski definition) is 2. The fourth-order valence-corrected chi connectivity index (χ4v) is 7.91. The van der Waals surface area contributed by atoms with Gasteiger partial charge in [-0.3, -0.25) is 4.40 Å². The average molecular weight is 725 g/mol. The minimum atomic E-state index is -0.0972. The number of aromatic amines is 2. The fourth-order valence-electron chi connectivity index (χ4n) is 7.91. The normalized spacial score (nSPS) is 11.8. The number of hydrogen-bond acceptors (Lipinski definition) is 2. The van der Waals surface area contributed by atoms with E-state index in [9.17, 15) is 0 Å². The summed E-state index contributed by atoms with van der Waals surface area (Å²) in [5, 5.41) is 7.94. The van der Waals surface area contributed by atoms with E-state index >= 15 is 0 Å². The summed E-state index contributed by atoms with van der Waals surface area (Å²) >= 11 is 0. The van der Waals surface area contributed by atoms with Crippen molar-refractivity contribution in [1.82, 2.24) is 19.4 Å². The summed E-state index contributed by atoms with van der Waals surface area (Å²) in [6.07, 6.45) is 0. The molecule has 5 nitrogen and oxygen atoms in total. The summed E-state index contributed by atoms with van der Waals surface area (Å²) in [7, 11) is 0. The minimum Gasteiger partial charge on any atom is -0.457 e. The zero-order chi connectivity index (χ0) is 37.8. The molecule has 0 aliphatic heterocycles. The van der Waals surface area contributed by atoms with E-state index in [1.165, 1.54) is 10.9 Å². The number of rotatable bonds is 0. The Bertz CT molecular complexity index is 3420. The highest BCUT2D eigenvalue weighted by Crippen LogP contribution is 2.33. The van der Waals surface area contributed by atoms with Gasteiger partial charge in [0, 0.05) is 44.7 Å².